The molecule has 1 aromatic carbocycles. The molecule has 0 aliphatic rings. The third-order valence-corrected chi connectivity index (χ3v) is 3.81. The molecule has 1 rings (SSSR count). The van der Waals surface area contributed by atoms with E-state index in [1.807, 2.05) is 12.1 Å². The fourth-order valence-corrected chi connectivity index (χ4v) is 2.52. The summed E-state index contributed by atoms with van der Waals surface area (Å²) in [6, 6.07) is 5.36. The third kappa shape index (κ3) is 4.59. The third-order valence-electron chi connectivity index (χ3n) is 3.14. The highest BCUT2D eigenvalue weighted by Crippen LogP contribution is 2.32. The molecule has 0 atom stereocenters. The van der Waals surface area contributed by atoms with Gasteiger partial charge in [-0.05, 0) is 53.1 Å². The van der Waals surface area contributed by atoms with Crippen molar-refractivity contribution in [3.05, 3.63) is 31.9 Å². The van der Waals surface area contributed by atoms with Crippen molar-refractivity contribution in [1.29, 1.82) is 0 Å². The van der Waals surface area contributed by atoms with Gasteiger partial charge in [0.2, 0.25) is 0 Å². The van der Waals surface area contributed by atoms with Crippen LogP contribution in [0.3, 0.4) is 0 Å². The maximum atomic E-state index is 11.3. The zero-order valence-electron chi connectivity index (χ0n) is 12.2. The second-order valence-electron chi connectivity index (χ2n) is 5.68. The molecule has 0 aliphatic carbocycles. The van der Waals surface area contributed by atoms with E-state index in [2.05, 4.69) is 48.3 Å². The highest BCUT2D eigenvalue weighted by atomic mass is 127. The van der Waals surface area contributed by atoms with E-state index in [0.717, 1.165) is 16.5 Å². The predicted molar refractivity (Wildman–Crippen MR) is 91.2 cm³/mol. The van der Waals surface area contributed by atoms with Crippen LogP contribution in [0.2, 0.25) is 0 Å². The Morgan fingerprint density at radius 3 is 2.60 bits per heavy atom. The number of nitrogens with two attached hydrogens (primary N) is 1. The van der Waals surface area contributed by atoms with Crippen LogP contribution in [0, 0.1) is 19.1 Å². The number of halogens is 1. The average molecular weight is 391 g/mol. The Morgan fingerprint density at radius 1 is 1.45 bits per heavy atom. The Hall–Kier alpha value is -0.890. The lowest BCUT2D eigenvalue weighted by Gasteiger charge is -2.33. The number of hydrogen-bond donors (Lipinski definition) is 1. The van der Waals surface area contributed by atoms with Gasteiger partial charge >= 0.3 is 0 Å². The van der Waals surface area contributed by atoms with Gasteiger partial charge in [0, 0.05) is 22.7 Å². The van der Waals surface area contributed by atoms with Crippen LogP contribution in [0.1, 0.15) is 27.2 Å². The molecule has 1 aromatic rings. The number of anilines is 1. The lowest BCUT2D eigenvalue weighted by atomic mass is 9.92. The van der Waals surface area contributed by atoms with E-state index in [0.29, 0.717) is 18.8 Å². The van der Waals surface area contributed by atoms with Gasteiger partial charge in [0.15, 0.2) is 0 Å². The maximum Gasteiger partial charge on any atom is 0.293 e. The molecule has 0 radical (unpaired) electrons. The van der Waals surface area contributed by atoms with Crippen molar-refractivity contribution < 1.29 is 4.92 Å². The van der Waals surface area contributed by atoms with E-state index < -0.39 is 0 Å². The average Bonchev–Trinajstić information content (AvgIpc) is 2.38. The number of nitro groups is 1. The molecule has 0 heterocycles. The fourth-order valence-electron chi connectivity index (χ4n) is 2.05. The monoisotopic (exact) mass is 391 g/mol. The van der Waals surface area contributed by atoms with Crippen LogP contribution in [0.25, 0.3) is 0 Å². The van der Waals surface area contributed by atoms with Crippen molar-refractivity contribution >= 4 is 34.0 Å². The lowest BCUT2D eigenvalue weighted by molar-refractivity contribution is -0.384. The van der Waals surface area contributed by atoms with E-state index in [4.69, 9.17) is 5.73 Å². The Kier molecular flexibility index (Phi) is 6.19. The van der Waals surface area contributed by atoms with Gasteiger partial charge in [-0.15, -0.1) is 0 Å². The molecular weight excluding hydrogens is 369 g/mol. The van der Waals surface area contributed by atoms with Gasteiger partial charge in [-0.25, -0.2) is 0 Å². The number of rotatable bonds is 7. The molecule has 0 saturated heterocycles. The number of benzene rings is 1. The molecule has 0 amide bonds. The molecule has 0 spiro atoms. The Balaban J connectivity index is 3.17. The van der Waals surface area contributed by atoms with Crippen molar-refractivity contribution in [2.24, 2.45) is 11.1 Å². The standard InChI is InChI=1S/C14H22IN3O2/c1-4-7-17(10-14(2,3)9-16)12-6-5-11(15)8-13(12)18(19)20/h5-6,8H,4,7,9-10,16H2,1-3H3. The van der Waals surface area contributed by atoms with Crippen LogP contribution in [-0.4, -0.2) is 24.6 Å². The summed E-state index contributed by atoms with van der Waals surface area (Å²) in [7, 11) is 0. The second kappa shape index (κ2) is 7.21. The van der Waals surface area contributed by atoms with E-state index >= 15 is 0 Å². The highest BCUT2D eigenvalue weighted by molar-refractivity contribution is 14.1. The molecule has 5 nitrogen and oxygen atoms in total. The summed E-state index contributed by atoms with van der Waals surface area (Å²) in [5.74, 6) is 0. The van der Waals surface area contributed by atoms with Gasteiger partial charge in [0.25, 0.3) is 5.69 Å². The topological polar surface area (TPSA) is 72.4 Å². The van der Waals surface area contributed by atoms with Crippen LogP contribution < -0.4 is 10.6 Å². The minimum absolute atomic E-state index is 0.0773. The summed E-state index contributed by atoms with van der Waals surface area (Å²) in [5.41, 5.74) is 6.56. The Morgan fingerprint density at radius 2 is 2.10 bits per heavy atom. The molecule has 0 fully saturated rings. The van der Waals surface area contributed by atoms with Crippen LogP contribution in [-0.2, 0) is 0 Å². The molecule has 2 N–H and O–H groups in total. The number of nitro benzene ring substituents is 1. The van der Waals surface area contributed by atoms with E-state index in [9.17, 15) is 10.1 Å². The van der Waals surface area contributed by atoms with Gasteiger partial charge in [-0.1, -0.05) is 20.8 Å². The predicted octanol–water partition coefficient (Wildman–Crippen LogP) is 3.40. The van der Waals surface area contributed by atoms with Crippen LogP contribution >= 0.6 is 22.6 Å². The van der Waals surface area contributed by atoms with Crippen LogP contribution in [0.5, 0.6) is 0 Å². The van der Waals surface area contributed by atoms with E-state index in [-0.39, 0.29) is 16.0 Å². The van der Waals surface area contributed by atoms with Gasteiger partial charge in [-0.2, -0.15) is 0 Å². The first-order valence-electron chi connectivity index (χ1n) is 6.69. The zero-order chi connectivity index (χ0) is 15.3. The van der Waals surface area contributed by atoms with Crippen molar-refractivity contribution in [3.8, 4) is 0 Å². The number of hydrogen-bond acceptors (Lipinski definition) is 4. The summed E-state index contributed by atoms with van der Waals surface area (Å²) in [6.07, 6.45) is 0.934. The zero-order valence-corrected chi connectivity index (χ0v) is 14.4. The molecular formula is C14H22IN3O2. The molecule has 20 heavy (non-hydrogen) atoms. The molecule has 112 valence electrons. The smallest absolute Gasteiger partial charge is 0.293 e. The normalized spacial score (nSPS) is 11.4. The first-order chi connectivity index (χ1) is 9.30. The molecule has 0 saturated carbocycles. The molecule has 0 aliphatic heterocycles. The van der Waals surface area contributed by atoms with Gasteiger partial charge < -0.3 is 10.6 Å². The van der Waals surface area contributed by atoms with E-state index in [1.165, 1.54) is 0 Å². The molecule has 0 bridgehead atoms. The highest BCUT2D eigenvalue weighted by Gasteiger charge is 2.25. The van der Waals surface area contributed by atoms with Crippen molar-refractivity contribution in [2.75, 3.05) is 24.5 Å². The minimum atomic E-state index is -0.310. The summed E-state index contributed by atoms with van der Waals surface area (Å²) in [5, 5.41) is 11.3. The Labute approximate surface area is 133 Å². The molecule has 6 heteroatoms. The van der Waals surface area contributed by atoms with Gasteiger partial charge in [-0.3, -0.25) is 10.1 Å². The summed E-state index contributed by atoms with van der Waals surface area (Å²) in [6.45, 7) is 8.26. The lowest BCUT2D eigenvalue weighted by Crippen LogP contribution is -2.39. The fraction of sp³-hybridized carbons (Fsp3) is 0.571. The molecule has 0 aromatic heterocycles. The quantitative estimate of drug-likeness (QED) is 0.439. The first kappa shape index (κ1) is 17.2. The number of nitrogens with zero attached hydrogens (tertiary/aromatic N) is 2. The summed E-state index contributed by atoms with van der Waals surface area (Å²) >= 11 is 2.09. The van der Waals surface area contributed by atoms with Crippen molar-refractivity contribution in [3.63, 3.8) is 0 Å². The molecule has 0 unspecified atom stereocenters. The first-order valence-corrected chi connectivity index (χ1v) is 7.77. The SMILES string of the molecule is CCCN(CC(C)(C)CN)c1ccc(I)cc1[N+](=O)[O-]. The van der Waals surface area contributed by atoms with Gasteiger partial charge in [0.1, 0.15) is 5.69 Å². The summed E-state index contributed by atoms with van der Waals surface area (Å²) in [4.78, 5) is 13.0. The minimum Gasteiger partial charge on any atom is -0.365 e. The van der Waals surface area contributed by atoms with Crippen molar-refractivity contribution in [1.82, 2.24) is 0 Å². The van der Waals surface area contributed by atoms with Gasteiger partial charge in [0.05, 0.1) is 4.92 Å². The van der Waals surface area contributed by atoms with Crippen LogP contribution in [0.15, 0.2) is 18.2 Å². The van der Waals surface area contributed by atoms with Crippen LogP contribution in [0.4, 0.5) is 11.4 Å². The second-order valence-corrected chi connectivity index (χ2v) is 6.93. The van der Waals surface area contributed by atoms with Crippen molar-refractivity contribution in [2.45, 2.75) is 27.2 Å². The Bertz CT molecular complexity index is 477. The summed E-state index contributed by atoms with van der Waals surface area (Å²) < 4.78 is 0.868. The van der Waals surface area contributed by atoms with E-state index in [1.54, 1.807) is 6.07 Å². The largest absolute Gasteiger partial charge is 0.365 e. The maximum absolute atomic E-state index is 11.3.